The van der Waals surface area contributed by atoms with Gasteiger partial charge in [-0.25, -0.2) is 0 Å². The molecule has 198 valence electrons. The number of carbonyl (C=O) groups is 3. The number of hydrogen-bond donors (Lipinski definition) is 3. The van der Waals surface area contributed by atoms with E-state index in [0.717, 1.165) is 12.8 Å². The molecule has 38 heavy (non-hydrogen) atoms. The first-order valence-electron chi connectivity index (χ1n) is 13.0. The molecule has 2 amide bonds. The van der Waals surface area contributed by atoms with Crippen LogP contribution in [0.25, 0.3) is 0 Å². The highest BCUT2D eigenvalue weighted by molar-refractivity contribution is 6.10. The molecule has 7 heteroatoms. The van der Waals surface area contributed by atoms with Gasteiger partial charge in [0.05, 0.1) is 18.1 Å². The van der Waals surface area contributed by atoms with Gasteiger partial charge in [0, 0.05) is 23.7 Å². The fraction of sp³-hybridized carbons (Fsp3) is 0.323. The summed E-state index contributed by atoms with van der Waals surface area (Å²) in [7, 11) is 0. The summed E-state index contributed by atoms with van der Waals surface area (Å²) in [5.74, 6) is -3.87. The molecule has 1 aliphatic carbocycles. The van der Waals surface area contributed by atoms with E-state index < -0.39 is 41.0 Å². The number of Topliss-reactive ketones (excluding diaryl/α,β-unsaturated/α-hetero) is 1. The van der Waals surface area contributed by atoms with Gasteiger partial charge in [-0.15, -0.1) is 0 Å². The zero-order chi connectivity index (χ0) is 27.1. The first-order valence-corrected chi connectivity index (χ1v) is 13.0. The number of nitrogens with one attached hydrogen (secondary N) is 2. The van der Waals surface area contributed by atoms with Crippen LogP contribution >= 0.6 is 0 Å². The number of para-hydroxylation sites is 2. The van der Waals surface area contributed by atoms with Crippen LogP contribution in [0, 0.1) is 11.8 Å². The van der Waals surface area contributed by atoms with Crippen LogP contribution in [0.1, 0.15) is 44.6 Å². The minimum atomic E-state index is -1.67. The van der Waals surface area contributed by atoms with E-state index in [1.54, 1.807) is 72.8 Å². The highest BCUT2D eigenvalue weighted by Gasteiger charge is 2.55. The Hall–Kier alpha value is -3.97. The third-order valence-electron chi connectivity index (χ3n) is 6.95. The van der Waals surface area contributed by atoms with Crippen molar-refractivity contribution in [2.75, 3.05) is 17.2 Å². The molecule has 0 heterocycles. The molecule has 3 aromatic carbocycles. The molecule has 0 spiro atoms. The van der Waals surface area contributed by atoms with Gasteiger partial charge in [-0.1, -0.05) is 61.9 Å². The maximum Gasteiger partial charge on any atom is 0.235 e. The summed E-state index contributed by atoms with van der Waals surface area (Å²) in [6.45, 7) is 4.15. The molecule has 0 radical (unpaired) electrons. The molecule has 3 N–H and O–H groups in total. The topological polar surface area (TPSA) is 105 Å². The second-order valence-electron chi connectivity index (χ2n) is 9.96. The van der Waals surface area contributed by atoms with Crippen molar-refractivity contribution in [2.24, 2.45) is 11.8 Å². The lowest BCUT2D eigenvalue weighted by Gasteiger charge is -2.44. The quantitative estimate of drug-likeness (QED) is 0.270. The van der Waals surface area contributed by atoms with E-state index in [1.807, 2.05) is 12.1 Å². The zero-order valence-electron chi connectivity index (χ0n) is 21.7. The van der Waals surface area contributed by atoms with E-state index in [0.29, 0.717) is 29.3 Å². The molecule has 0 aliphatic heterocycles. The van der Waals surface area contributed by atoms with E-state index in [1.165, 1.54) is 6.92 Å². The van der Waals surface area contributed by atoms with Gasteiger partial charge in [0.15, 0.2) is 0 Å². The zero-order valence-corrected chi connectivity index (χ0v) is 21.7. The van der Waals surface area contributed by atoms with E-state index in [9.17, 15) is 19.5 Å². The Morgan fingerprint density at radius 3 is 2.00 bits per heavy atom. The second-order valence-corrected chi connectivity index (χ2v) is 9.96. The predicted molar refractivity (Wildman–Crippen MR) is 147 cm³/mol. The third-order valence-corrected chi connectivity index (χ3v) is 6.95. The van der Waals surface area contributed by atoms with Crippen molar-refractivity contribution in [3.63, 3.8) is 0 Å². The minimum Gasteiger partial charge on any atom is -0.494 e. The van der Waals surface area contributed by atoms with E-state index in [2.05, 4.69) is 17.6 Å². The van der Waals surface area contributed by atoms with Crippen LogP contribution in [0.15, 0.2) is 84.9 Å². The first kappa shape index (κ1) is 27.1. The van der Waals surface area contributed by atoms with Crippen LogP contribution in [0.4, 0.5) is 11.4 Å². The van der Waals surface area contributed by atoms with Crippen molar-refractivity contribution in [3.05, 3.63) is 90.5 Å². The Morgan fingerprint density at radius 2 is 1.45 bits per heavy atom. The monoisotopic (exact) mass is 514 g/mol. The number of ether oxygens (including phenoxy) is 1. The summed E-state index contributed by atoms with van der Waals surface area (Å²) in [5, 5.41) is 17.1. The highest BCUT2D eigenvalue weighted by Crippen LogP contribution is 2.47. The van der Waals surface area contributed by atoms with Gasteiger partial charge in [0.1, 0.15) is 17.5 Å². The molecule has 3 aromatic rings. The number of anilines is 2. The fourth-order valence-electron chi connectivity index (χ4n) is 5.10. The number of ketones is 1. The number of amides is 2. The van der Waals surface area contributed by atoms with E-state index in [4.69, 9.17) is 4.74 Å². The highest BCUT2D eigenvalue weighted by atomic mass is 16.5. The number of rotatable bonds is 9. The molecule has 1 aliphatic rings. The van der Waals surface area contributed by atoms with E-state index >= 15 is 0 Å². The molecule has 4 atom stereocenters. The number of unbranched alkanes of at least 4 members (excludes halogenated alkanes) is 1. The maximum atomic E-state index is 13.7. The van der Waals surface area contributed by atoms with Gasteiger partial charge in [-0.05, 0) is 55.3 Å². The Labute approximate surface area is 223 Å². The van der Waals surface area contributed by atoms with Gasteiger partial charge < -0.3 is 20.5 Å². The summed E-state index contributed by atoms with van der Waals surface area (Å²) in [4.78, 5) is 40.7. The largest absolute Gasteiger partial charge is 0.494 e. The standard InChI is InChI=1S/C31H34N2O5/c1-3-4-19-38-24-17-15-21(16-18-24)26-27(29(35)32-22-11-7-5-8-12-22)25(34)20-31(2,37)28(26)30(36)33-23-13-9-6-10-14-23/h5-18,26-28,37H,3-4,19-20H2,1-2H3,(H,32,35)(H,33,36). The van der Waals surface area contributed by atoms with Gasteiger partial charge in [0.2, 0.25) is 11.8 Å². The van der Waals surface area contributed by atoms with Crippen molar-refractivity contribution in [3.8, 4) is 5.75 Å². The molecule has 0 saturated heterocycles. The molecule has 4 rings (SSSR count). The molecule has 0 aromatic heterocycles. The van der Waals surface area contributed by atoms with E-state index in [-0.39, 0.29) is 6.42 Å². The SMILES string of the molecule is CCCCOc1ccc(C2C(C(=O)Nc3ccccc3)C(=O)CC(C)(O)C2C(=O)Nc2ccccc2)cc1. The number of hydrogen-bond acceptors (Lipinski definition) is 5. The van der Waals surface area contributed by atoms with Crippen molar-refractivity contribution in [2.45, 2.75) is 44.6 Å². The molecule has 7 nitrogen and oxygen atoms in total. The lowest BCUT2D eigenvalue weighted by atomic mass is 9.61. The summed E-state index contributed by atoms with van der Waals surface area (Å²) in [5.41, 5.74) is 0.0447. The first-order chi connectivity index (χ1) is 18.3. The molecule has 1 saturated carbocycles. The lowest BCUT2D eigenvalue weighted by molar-refractivity contribution is -0.150. The molecule has 4 unspecified atom stereocenters. The van der Waals surface area contributed by atoms with Crippen molar-refractivity contribution < 1.29 is 24.2 Å². The van der Waals surface area contributed by atoms with Crippen molar-refractivity contribution in [1.29, 1.82) is 0 Å². The maximum absolute atomic E-state index is 13.7. The molecule has 0 bridgehead atoms. The summed E-state index contributed by atoms with van der Waals surface area (Å²) < 4.78 is 5.78. The lowest BCUT2D eigenvalue weighted by Crippen LogP contribution is -2.56. The normalized spacial score (nSPS) is 22.9. The Balaban J connectivity index is 1.72. The summed E-state index contributed by atoms with van der Waals surface area (Å²) >= 11 is 0. The summed E-state index contributed by atoms with van der Waals surface area (Å²) in [6, 6.07) is 24.9. The average Bonchev–Trinajstić information content (AvgIpc) is 2.89. The van der Waals surface area contributed by atoms with Crippen LogP contribution in [0.3, 0.4) is 0 Å². The van der Waals surface area contributed by atoms with Gasteiger partial charge in [-0.3, -0.25) is 14.4 Å². The van der Waals surface area contributed by atoms with Crippen LogP contribution in [0.2, 0.25) is 0 Å². The van der Waals surface area contributed by atoms with Crippen LogP contribution in [-0.2, 0) is 14.4 Å². The smallest absolute Gasteiger partial charge is 0.235 e. The van der Waals surface area contributed by atoms with Crippen LogP contribution in [0.5, 0.6) is 5.75 Å². The molecule has 1 fully saturated rings. The number of benzene rings is 3. The Kier molecular flexibility index (Phi) is 8.59. The predicted octanol–water partition coefficient (Wildman–Crippen LogP) is 5.18. The van der Waals surface area contributed by atoms with Gasteiger partial charge >= 0.3 is 0 Å². The minimum absolute atomic E-state index is 0.318. The van der Waals surface area contributed by atoms with Crippen molar-refractivity contribution in [1.82, 2.24) is 0 Å². The summed E-state index contributed by atoms with van der Waals surface area (Å²) in [6.07, 6.45) is 1.61. The number of aliphatic hydroxyl groups is 1. The third kappa shape index (κ3) is 6.29. The second kappa shape index (κ2) is 12.0. The fourth-order valence-corrected chi connectivity index (χ4v) is 5.10. The van der Waals surface area contributed by atoms with Crippen LogP contribution in [-0.4, -0.2) is 34.9 Å². The van der Waals surface area contributed by atoms with Crippen LogP contribution < -0.4 is 15.4 Å². The molecular weight excluding hydrogens is 480 g/mol. The molecular formula is C31H34N2O5. The Bertz CT molecular complexity index is 1240. The Morgan fingerprint density at radius 1 is 0.895 bits per heavy atom. The van der Waals surface area contributed by atoms with Crippen molar-refractivity contribution >= 4 is 29.0 Å². The number of carbonyl (C=O) groups excluding carboxylic acids is 3. The van der Waals surface area contributed by atoms with Gasteiger partial charge in [-0.2, -0.15) is 0 Å². The van der Waals surface area contributed by atoms with Gasteiger partial charge in [0.25, 0.3) is 0 Å². The average molecular weight is 515 g/mol.